The Kier molecular flexibility index (Phi) is 3.69. The monoisotopic (exact) mass is 276 g/mol. The summed E-state index contributed by atoms with van der Waals surface area (Å²) in [6.07, 6.45) is 0. The van der Waals surface area contributed by atoms with Gasteiger partial charge < -0.3 is 4.74 Å². The lowest BCUT2D eigenvalue weighted by molar-refractivity contribution is 0.103. The molecule has 3 aromatic rings. The van der Waals surface area contributed by atoms with E-state index in [1.165, 1.54) is 0 Å². The lowest BCUT2D eigenvalue weighted by Crippen LogP contribution is -2.06. The van der Waals surface area contributed by atoms with Crippen LogP contribution in [-0.2, 0) is 0 Å². The van der Waals surface area contributed by atoms with Gasteiger partial charge in [0.1, 0.15) is 5.75 Å². The van der Waals surface area contributed by atoms with Crippen LogP contribution in [0.3, 0.4) is 0 Å². The van der Waals surface area contributed by atoms with Crippen molar-refractivity contribution in [2.45, 2.75) is 6.92 Å². The highest BCUT2D eigenvalue weighted by molar-refractivity contribution is 6.18. The predicted molar refractivity (Wildman–Crippen MR) is 85.0 cm³/mol. The average molecular weight is 276 g/mol. The Morgan fingerprint density at radius 2 is 1.62 bits per heavy atom. The maximum atomic E-state index is 12.9. The number of benzene rings is 3. The molecule has 3 aromatic carbocycles. The van der Waals surface area contributed by atoms with E-state index in [1.807, 2.05) is 73.7 Å². The smallest absolute Gasteiger partial charge is 0.197 e. The van der Waals surface area contributed by atoms with Gasteiger partial charge in [0.15, 0.2) is 5.78 Å². The van der Waals surface area contributed by atoms with E-state index in [0.29, 0.717) is 23.5 Å². The van der Waals surface area contributed by atoms with Gasteiger partial charge in [0.2, 0.25) is 0 Å². The van der Waals surface area contributed by atoms with Crippen LogP contribution in [0.25, 0.3) is 10.8 Å². The van der Waals surface area contributed by atoms with E-state index in [-0.39, 0.29) is 5.78 Å². The molecule has 0 aliphatic rings. The molecule has 0 spiro atoms. The zero-order valence-corrected chi connectivity index (χ0v) is 11.9. The number of ether oxygens (including phenoxy) is 1. The molecule has 104 valence electrons. The van der Waals surface area contributed by atoms with Crippen molar-refractivity contribution in [3.05, 3.63) is 77.9 Å². The number of rotatable bonds is 4. The maximum Gasteiger partial charge on any atom is 0.197 e. The standard InChI is InChI=1S/C19H16O2/c1-2-21-17-13-12-14-8-6-7-11-16(14)18(17)19(20)15-9-4-3-5-10-15/h3-13H,2H2,1H3. The van der Waals surface area contributed by atoms with E-state index < -0.39 is 0 Å². The van der Waals surface area contributed by atoms with Crippen molar-refractivity contribution in [3.63, 3.8) is 0 Å². The second-order valence-corrected chi connectivity index (χ2v) is 4.79. The summed E-state index contributed by atoms with van der Waals surface area (Å²) in [5.41, 5.74) is 1.32. The Balaban J connectivity index is 2.23. The molecule has 3 rings (SSSR count). The van der Waals surface area contributed by atoms with E-state index in [2.05, 4.69) is 0 Å². The summed E-state index contributed by atoms with van der Waals surface area (Å²) in [5, 5.41) is 1.97. The second-order valence-electron chi connectivity index (χ2n) is 4.79. The van der Waals surface area contributed by atoms with Crippen LogP contribution >= 0.6 is 0 Å². The summed E-state index contributed by atoms with van der Waals surface area (Å²) >= 11 is 0. The molecular formula is C19H16O2. The number of carbonyl (C=O) groups is 1. The van der Waals surface area contributed by atoms with E-state index >= 15 is 0 Å². The highest BCUT2D eigenvalue weighted by Crippen LogP contribution is 2.30. The van der Waals surface area contributed by atoms with Gasteiger partial charge in [-0.25, -0.2) is 0 Å². The fourth-order valence-corrected chi connectivity index (χ4v) is 2.50. The van der Waals surface area contributed by atoms with Gasteiger partial charge in [-0.15, -0.1) is 0 Å². The van der Waals surface area contributed by atoms with E-state index in [9.17, 15) is 4.79 Å². The van der Waals surface area contributed by atoms with E-state index in [0.717, 1.165) is 10.8 Å². The quantitative estimate of drug-likeness (QED) is 0.657. The normalized spacial score (nSPS) is 10.5. The summed E-state index contributed by atoms with van der Waals surface area (Å²) in [4.78, 5) is 12.9. The van der Waals surface area contributed by atoms with Crippen LogP contribution in [0, 0.1) is 0 Å². The first-order valence-corrected chi connectivity index (χ1v) is 7.05. The molecule has 0 aliphatic carbocycles. The fourth-order valence-electron chi connectivity index (χ4n) is 2.50. The number of fused-ring (bicyclic) bond motifs is 1. The zero-order valence-electron chi connectivity index (χ0n) is 11.9. The SMILES string of the molecule is CCOc1ccc2ccccc2c1C(=O)c1ccccc1. The molecule has 0 saturated carbocycles. The highest BCUT2D eigenvalue weighted by atomic mass is 16.5. The van der Waals surface area contributed by atoms with Gasteiger partial charge in [-0.1, -0.05) is 60.7 Å². The molecule has 0 atom stereocenters. The molecule has 0 unspecified atom stereocenters. The van der Waals surface area contributed by atoms with Gasteiger partial charge in [-0.3, -0.25) is 4.79 Å². The first kappa shape index (κ1) is 13.4. The van der Waals surface area contributed by atoms with Gasteiger partial charge in [-0.2, -0.15) is 0 Å². The van der Waals surface area contributed by atoms with Crippen LogP contribution in [0.4, 0.5) is 0 Å². The van der Waals surface area contributed by atoms with Crippen LogP contribution in [0.5, 0.6) is 5.75 Å². The van der Waals surface area contributed by atoms with Gasteiger partial charge in [-0.05, 0) is 23.8 Å². The zero-order chi connectivity index (χ0) is 14.7. The van der Waals surface area contributed by atoms with Crippen LogP contribution in [0.1, 0.15) is 22.8 Å². The van der Waals surface area contributed by atoms with Crippen molar-refractivity contribution < 1.29 is 9.53 Å². The van der Waals surface area contributed by atoms with Gasteiger partial charge in [0.25, 0.3) is 0 Å². The minimum Gasteiger partial charge on any atom is -0.493 e. The van der Waals surface area contributed by atoms with Crippen molar-refractivity contribution in [1.82, 2.24) is 0 Å². The number of ketones is 1. The van der Waals surface area contributed by atoms with E-state index in [1.54, 1.807) is 0 Å². The lowest BCUT2D eigenvalue weighted by Gasteiger charge is -2.12. The fraction of sp³-hybridized carbons (Fsp3) is 0.105. The largest absolute Gasteiger partial charge is 0.493 e. The molecule has 2 heteroatoms. The minimum absolute atomic E-state index is 0.00384. The van der Waals surface area contributed by atoms with Gasteiger partial charge in [0.05, 0.1) is 12.2 Å². The molecule has 0 aliphatic heterocycles. The third-order valence-corrected chi connectivity index (χ3v) is 3.45. The van der Waals surface area contributed by atoms with Crippen molar-refractivity contribution in [2.75, 3.05) is 6.61 Å². The van der Waals surface area contributed by atoms with Crippen molar-refractivity contribution in [3.8, 4) is 5.75 Å². The molecule has 0 radical (unpaired) electrons. The first-order valence-electron chi connectivity index (χ1n) is 7.05. The lowest BCUT2D eigenvalue weighted by atomic mass is 9.96. The van der Waals surface area contributed by atoms with Crippen LogP contribution < -0.4 is 4.74 Å². The molecule has 2 nitrogen and oxygen atoms in total. The van der Waals surface area contributed by atoms with Crippen molar-refractivity contribution >= 4 is 16.6 Å². The third-order valence-electron chi connectivity index (χ3n) is 3.45. The summed E-state index contributed by atoms with van der Waals surface area (Å²) in [5.74, 6) is 0.640. The summed E-state index contributed by atoms with van der Waals surface area (Å²) in [6.45, 7) is 2.46. The summed E-state index contributed by atoms with van der Waals surface area (Å²) in [6, 6.07) is 21.1. The topological polar surface area (TPSA) is 26.3 Å². The summed E-state index contributed by atoms with van der Waals surface area (Å²) in [7, 11) is 0. The number of carbonyl (C=O) groups excluding carboxylic acids is 1. The third kappa shape index (κ3) is 2.52. The first-order chi connectivity index (χ1) is 10.3. The predicted octanol–water partition coefficient (Wildman–Crippen LogP) is 4.47. The molecular weight excluding hydrogens is 260 g/mol. The van der Waals surface area contributed by atoms with Gasteiger partial charge in [0, 0.05) is 5.56 Å². The van der Waals surface area contributed by atoms with Crippen molar-refractivity contribution in [2.24, 2.45) is 0 Å². The molecule has 0 heterocycles. The number of hydrogen-bond donors (Lipinski definition) is 0. The summed E-state index contributed by atoms with van der Waals surface area (Å²) < 4.78 is 5.67. The molecule has 0 amide bonds. The van der Waals surface area contributed by atoms with Gasteiger partial charge >= 0.3 is 0 Å². The Hall–Kier alpha value is -2.61. The molecule has 0 N–H and O–H groups in total. The molecule has 21 heavy (non-hydrogen) atoms. The molecule has 0 fully saturated rings. The molecule has 0 saturated heterocycles. The maximum absolute atomic E-state index is 12.9. The Morgan fingerprint density at radius 1 is 0.905 bits per heavy atom. The van der Waals surface area contributed by atoms with Crippen LogP contribution in [0.15, 0.2) is 66.7 Å². The molecule has 0 bridgehead atoms. The Bertz CT molecular complexity index is 776. The Labute approximate surface area is 124 Å². The van der Waals surface area contributed by atoms with Crippen molar-refractivity contribution in [1.29, 1.82) is 0 Å². The number of hydrogen-bond acceptors (Lipinski definition) is 2. The minimum atomic E-state index is -0.00384. The molecule has 0 aromatic heterocycles. The highest BCUT2D eigenvalue weighted by Gasteiger charge is 2.17. The van der Waals surface area contributed by atoms with Crippen LogP contribution in [-0.4, -0.2) is 12.4 Å². The second kappa shape index (κ2) is 5.80. The average Bonchev–Trinajstić information content (AvgIpc) is 2.55. The Morgan fingerprint density at radius 3 is 2.38 bits per heavy atom. The van der Waals surface area contributed by atoms with Crippen LogP contribution in [0.2, 0.25) is 0 Å². The van der Waals surface area contributed by atoms with E-state index in [4.69, 9.17) is 4.74 Å².